The number of sulfone groups is 1. The molecule has 0 fully saturated rings. The molecular formula is C21H24Cl2N2O5S. The summed E-state index contributed by atoms with van der Waals surface area (Å²) >= 11 is 12.1. The second-order valence-corrected chi connectivity index (χ2v) is 11.4. The molecule has 3 N–H and O–H groups in total. The van der Waals surface area contributed by atoms with Crippen LogP contribution in [0.1, 0.15) is 32.8 Å². The number of phenolic OH excluding ortho intramolecular Hbond substituents is 1. The van der Waals surface area contributed by atoms with Gasteiger partial charge in [-0.1, -0.05) is 29.3 Å². The second-order valence-electron chi connectivity index (χ2n) is 7.70. The molecular weight excluding hydrogens is 463 g/mol. The van der Waals surface area contributed by atoms with Crippen LogP contribution in [-0.4, -0.2) is 35.5 Å². The molecule has 7 nitrogen and oxygen atoms in total. The first-order chi connectivity index (χ1) is 14.2. The van der Waals surface area contributed by atoms with Crippen molar-refractivity contribution in [1.82, 2.24) is 0 Å². The molecule has 2 aromatic rings. The maximum Gasteiger partial charge on any atom is 0.245 e. The van der Waals surface area contributed by atoms with Gasteiger partial charge in [-0.25, -0.2) is 8.42 Å². The first kappa shape index (κ1) is 25.0. The SMILES string of the molecule is Cc1ccc(S(=O)(=O)C(C)CC(=O)Nc2cc(O)c(NC(=O)C(C)(C)Cl)cc2Cl)cc1. The summed E-state index contributed by atoms with van der Waals surface area (Å²) in [5.74, 6) is -1.48. The molecule has 0 aromatic heterocycles. The standard InChI is InChI=1S/C21H24Cl2N2O5S/c1-12-5-7-14(8-6-12)31(29,30)13(2)9-19(27)24-16-11-18(26)17(10-15(16)22)25-20(28)21(3,4)23/h5-8,10-11,13,26H,9H2,1-4H3,(H,24,27)(H,25,28). The van der Waals surface area contributed by atoms with Crippen LogP contribution in [0.3, 0.4) is 0 Å². The second kappa shape index (κ2) is 9.46. The number of hydrogen-bond donors (Lipinski definition) is 3. The quantitative estimate of drug-likeness (QED) is 0.393. The normalized spacial score (nSPS) is 12.8. The average molecular weight is 487 g/mol. The van der Waals surface area contributed by atoms with Crippen LogP contribution >= 0.6 is 23.2 Å². The number of anilines is 2. The van der Waals surface area contributed by atoms with Gasteiger partial charge in [-0.3, -0.25) is 9.59 Å². The minimum absolute atomic E-state index is 0.0250. The van der Waals surface area contributed by atoms with Crippen molar-refractivity contribution in [3.8, 4) is 5.75 Å². The van der Waals surface area contributed by atoms with Gasteiger partial charge in [0.1, 0.15) is 10.6 Å². The monoisotopic (exact) mass is 486 g/mol. The summed E-state index contributed by atoms with van der Waals surface area (Å²) in [5, 5.41) is 14.2. The van der Waals surface area contributed by atoms with E-state index in [1.807, 2.05) is 6.92 Å². The van der Waals surface area contributed by atoms with E-state index < -0.39 is 31.8 Å². The molecule has 0 radical (unpaired) electrons. The zero-order chi connectivity index (χ0) is 23.6. The fourth-order valence-corrected chi connectivity index (χ4v) is 4.17. The number of phenols is 1. The first-order valence-corrected chi connectivity index (χ1v) is 11.7. The van der Waals surface area contributed by atoms with Crippen molar-refractivity contribution in [2.45, 2.75) is 49.1 Å². The molecule has 10 heteroatoms. The maximum absolute atomic E-state index is 12.7. The maximum atomic E-state index is 12.7. The molecule has 0 aliphatic rings. The highest BCUT2D eigenvalue weighted by Crippen LogP contribution is 2.35. The van der Waals surface area contributed by atoms with Gasteiger partial charge in [0.15, 0.2) is 9.84 Å². The summed E-state index contributed by atoms with van der Waals surface area (Å²) in [4.78, 5) is 23.3. The van der Waals surface area contributed by atoms with Crippen LogP contribution in [0, 0.1) is 6.92 Å². The van der Waals surface area contributed by atoms with Crippen molar-refractivity contribution in [2.75, 3.05) is 10.6 Å². The summed E-state index contributed by atoms with van der Waals surface area (Å²) < 4.78 is 25.4. The molecule has 0 saturated heterocycles. The number of aryl methyl sites for hydroxylation is 1. The van der Waals surface area contributed by atoms with E-state index in [2.05, 4.69) is 10.6 Å². The number of alkyl halides is 1. The summed E-state index contributed by atoms with van der Waals surface area (Å²) in [5.41, 5.74) is 1.03. The Balaban J connectivity index is 2.12. The lowest BCUT2D eigenvalue weighted by Gasteiger charge is -2.18. The molecule has 0 heterocycles. The van der Waals surface area contributed by atoms with E-state index >= 15 is 0 Å². The zero-order valence-electron chi connectivity index (χ0n) is 17.5. The van der Waals surface area contributed by atoms with Gasteiger partial charge < -0.3 is 15.7 Å². The van der Waals surface area contributed by atoms with Crippen molar-refractivity contribution >= 4 is 56.2 Å². The Hall–Kier alpha value is -2.29. The van der Waals surface area contributed by atoms with Gasteiger partial charge in [0.25, 0.3) is 0 Å². The fourth-order valence-electron chi connectivity index (χ4n) is 2.56. The molecule has 0 saturated carbocycles. The molecule has 168 valence electrons. The van der Waals surface area contributed by atoms with Crippen LogP contribution in [-0.2, 0) is 19.4 Å². The Labute approximate surface area is 191 Å². The van der Waals surface area contributed by atoms with Gasteiger partial charge >= 0.3 is 0 Å². The van der Waals surface area contributed by atoms with E-state index in [-0.39, 0.29) is 33.5 Å². The molecule has 2 aromatic carbocycles. The molecule has 0 aliphatic carbocycles. The summed E-state index contributed by atoms with van der Waals surface area (Å²) in [6, 6.07) is 8.81. The fraction of sp³-hybridized carbons (Fsp3) is 0.333. The van der Waals surface area contributed by atoms with Gasteiger partial charge in [0.2, 0.25) is 11.8 Å². The lowest BCUT2D eigenvalue weighted by molar-refractivity contribution is -0.118. The van der Waals surface area contributed by atoms with Crippen molar-refractivity contribution in [2.24, 2.45) is 0 Å². The Morgan fingerprint density at radius 1 is 1.10 bits per heavy atom. The van der Waals surface area contributed by atoms with Gasteiger partial charge in [0, 0.05) is 12.5 Å². The summed E-state index contributed by atoms with van der Waals surface area (Å²) in [6.45, 7) is 6.27. The van der Waals surface area contributed by atoms with Crippen LogP contribution in [0.4, 0.5) is 11.4 Å². The molecule has 2 amide bonds. The number of aromatic hydroxyl groups is 1. The van der Waals surface area contributed by atoms with Gasteiger partial charge in [-0.2, -0.15) is 0 Å². The van der Waals surface area contributed by atoms with E-state index in [0.29, 0.717) is 0 Å². The number of hydrogen-bond acceptors (Lipinski definition) is 5. The van der Waals surface area contributed by atoms with Gasteiger partial charge in [0.05, 0.1) is 26.5 Å². The highest BCUT2D eigenvalue weighted by Gasteiger charge is 2.27. The first-order valence-electron chi connectivity index (χ1n) is 9.35. The Bertz CT molecular complexity index is 1090. The van der Waals surface area contributed by atoms with E-state index in [9.17, 15) is 23.1 Å². The Morgan fingerprint density at radius 2 is 1.68 bits per heavy atom. The van der Waals surface area contributed by atoms with Crippen LogP contribution < -0.4 is 10.6 Å². The van der Waals surface area contributed by atoms with E-state index in [4.69, 9.17) is 23.2 Å². The molecule has 1 atom stereocenters. The topological polar surface area (TPSA) is 113 Å². The van der Waals surface area contributed by atoms with Crippen molar-refractivity contribution in [1.29, 1.82) is 0 Å². The minimum atomic E-state index is -3.70. The minimum Gasteiger partial charge on any atom is -0.506 e. The third kappa shape index (κ3) is 6.35. The number of halogens is 2. The average Bonchev–Trinajstić information content (AvgIpc) is 2.65. The molecule has 2 rings (SSSR count). The van der Waals surface area contributed by atoms with Crippen LogP contribution in [0.15, 0.2) is 41.3 Å². The zero-order valence-corrected chi connectivity index (χ0v) is 19.8. The largest absolute Gasteiger partial charge is 0.506 e. The highest BCUT2D eigenvalue weighted by molar-refractivity contribution is 7.92. The van der Waals surface area contributed by atoms with Crippen LogP contribution in [0.25, 0.3) is 0 Å². The Kier molecular flexibility index (Phi) is 7.62. The van der Waals surface area contributed by atoms with Crippen molar-refractivity contribution < 1.29 is 23.1 Å². The van der Waals surface area contributed by atoms with E-state index in [1.54, 1.807) is 12.1 Å². The number of amides is 2. The molecule has 31 heavy (non-hydrogen) atoms. The number of rotatable bonds is 7. The third-order valence-corrected chi connectivity index (χ3v) is 7.14. The number of carbonyl (C=O) groups excluding carboxylic acids is 2. The third-order valence-electron chi connectivity index (χ3n) is 4.50. The Morgan fingerprint density at radius 3 is 2.23 bits per heavy atom. The van der Waals surface area contributed by atoms with Crippen molar-refractivity contribution in [3.05, 3.63) is 47.0 Å². The number of carbonyl (C=O) groups is 2. The number of nitrogens with one attached hydrogen (secondary N) is 2. The molecule has 0 aliphatic heterocycles. The lowest BCUT2D eigenvalue weighted by Crippen LogP contribution is -2.31. The van der Waals surface area contributed by atoms with E-state index in [0.717, 1.165) is 11.6 Å². The van der Waals surface area contributed by atoms with Gasteiger partial charge in [-0.15, -0.1) is 11.6 Å². The van der Waals surface area contributed by atoms with Crippen molar-refractivity contribution in [3.63, 3.8) is 0 Å². The van der Waals surface area contributed by atoms with E-state index in [1.165, 1.54) is 39.0 Å². The smallest absolute Gasteiger partial charge is 0.245 e. The molecule has 0 bridgehead atoms. The number of benzene rings is 2. The predicted molar refractivity (Wildman–Crippen MR) is 123 cm³/mol. The molecule has 0 spiro atoms. The van der Waals surface area contributed by atoms with Gasteiger partial charge in [-0.05, 0) is 45.9 Å². The molecule has 1 unspecified atom stereocenters. The van der Waals surface area contributed by atoms with Crippen LogP contribution in [0.5, 0.6) is 5.75 Å². The predicted octanol–water partition coefficient (Wildman–Crippen LogP) is 4.50. The summed E-state index contributed by atoms with van der Waals surface area (Å²) in [7, 11) is -3.70. The van der Waals surface area contributed by atoms with Crippen LogP contribution in [0.2, 0.25) is 5.02 Å². The lowest BCUT2D eigenvalue weighted by atomic mass is 10.1. The highest BCUT2D eigenvalue weighted by atomic mass is 35.5. The summed E-state index contributed by atoms with van der Waals surface area (Å²) in [6.07, 6.45) is -0.313.